The number of halogens is 1. The van der Waals surface area contributed by atoms with Gasteiger partial charge in [0.2, 0.25) is 0 Å². The van der Waals surface area contributed by atoms with Gasteiger partial charge < -0.3 is 9.73 Å². The average Bonchev–Trinajstić information content (AvgIpc) is 3.16. The van der Waals surface area contributed by atoms with Gasteiger partial charge in [-0.3, -0.25) is 30.4 Å². The molecule has 0 saturated carbocycles. The molecule has 1 amide bonds. The summed E-state index contributed by atoms with van der Waals surface area (Å²) in [6, 6.07) is 10.5. The quantitative estimate of drug-likeness (QED) is 0.313. The highest BCUT2D eigenvalue weighted by molar-refractivity contribution is 9.10. The normalized spacial score (nSPS) is 13.9. The molecular weight excluding hydrogens is 510 g/mol. The first kappa shape index (κ1) is 23.1. The molecule has 1 aromatic heterocycles. The summed E-state index contributed by atoms with van der Waals surface area (Å²) >= 11 is 3.40. The van der Waals surface area contributed by atoms with Crippen LogP contribution >= 0.6 is 15.9 Å². The first-order chi connectivity index (χ1) is 16.3. The van der Waals surface area contributed by atoms with Gasteiger partial charge in [-0.1, -0.05) is 12.1 Å². The summed E-state index contributed by atoms with van der Waals surface area (Å²) in [5, 5.41) is 29.5. The number of nitrogens with one attached hydrogen (secondary N) is 2. The molecule has 1 heterocycles. The van der Waals surface area contributed by atoms with Crippen LogP contribution in [0.5, 0.6) is 0 Å². The van der Waals surface area contributed by atoms with Crippen molar-refractivity contribution < 1.29 is 19.1 Å². The number of nitro benzene ring substituents is 2. The number of rotatable bonds is 6. The summed E-state index contributed by atoms with van der Waals surface area (Å²) in [5.74, 6) is 0.369. The second kappa shape index (κ2) is 9.43. The molecule has 0 unspecified atom stereocenters. The van der Waals surface area contributed by atoms with Crippen molar-refractivity contribution in [3.05, 3.63) is 89.8 Å². The van der Waals surface area contributed by atoms with Crippen LogP contribution in [0, 0.1) is 27.2 Å². The first-order valence-corrected chi connectivity index (χ1v) is 11.0. The number of nitro groups is 2. The maximum atomic E-state index is 12.9. The van der Waals surface area contributed by atoms with Gasteiger partial charge in [0.1, 0.15) is 11.4 Å². The maximum absolute atomic E-state index is 12.9. The fourth-order valence-electron chi connectivity index (χ4n) is 3.75. The molecule has 1 aliphatic carbocycles. The van der Waals surface area contributed by atoms with E-state index in [-0.39, 0.29) is 11.4 Å². The van der Waals surface area contributed by atoms with Crippen LogP contribution in [0.1, 0.15) is 40.3 Å². The van der Waals surface area contributed by atoms with E-state index in [1.54, 1.807) is 19.1 Å². The van der Waals surface area contributed by atoms with E-state index in [0.717, 1.165) is 16.6 Å². The van der Waals surface area contributed by atoms with E-state index in [4.69, 9.17) is 4.42 Å². The molecule has 12 heteroatoms. The Bertz CT molecular complexity index is 1350. The summed E-state index contributed by atoms with van der Waals surface area (Å²) in [4.78, 5) is 33.8. The smallest absolute Gasteiger partial charge is 0.301 e. The zero-order valence-electron chi connectivity index (χ0n) is 17.8. The van der Waals surface area contributed by atoms with Crippen molar-refractivity contribution in [2.24, 2.45) is 5.10 Å². The van der Waals surface area contributed by atoms with Crippen LogP contribution in [0.25, 0.3) is 0 Å². The van der Waals surface area contributed by atoms with Crippen molar-refractivity contribution in [1.29, 1.82) is 0 Å². The third-order valence-corrected chi connectivity index (χ3v) is 6.05. The third-order valence-electron chi connectivity index (χ3n) is 5.35. The Hall–Kier alpha value is -4.06. The Morgan fingerprint density at radius 1 is 1.09 bits per heavy atom. The minimum Gasteiger partial charge on any atom is -0.455 e. The van der Waals surface area contributed by atoms with E-state index >= 15 is 0 Å². The van der Waals surface area contributed by atoms with Crippen molar-refractivity contribution in [3.63, 3.8) is 0 Å². The van der Waals surface area contributed by atoms with E-state index in [1.807, 2.05) is 12.1 Å². The summed E-state index contributed by atoms with van der Waals surface area (Å²) in [5.41, 5.74) is 4.29. The molecule has 3 aromatic rings. The Morgan fingerprint density at radius 3 is 2.56 bits per heavy atom. The molecule has 2 aromatic carbocycles. The summed E-state index contributed by atoms with van der Waals surface area (Å²) in [6.45, 7) is 1.76. The van der Waals surface area contributed by atoms with Gasteiger partial charge in [-0.2, -0.15) is 5.10 Å². The number of carbonyl (C=O) groups excluding carboxylic acids is 1. The lowest BCUT2D eigenvalue weighted by atomic mass is 9.93. The number of non-ortho nitro benzene ring substituents is 1. The van der Waals surface area contributed by atoms with Crippen LogP contribution in [0.15, 0.2) is 56.5 Å². The molecular formula is C22H18BrN5O6. The minimum absolute atomic E-state index is 0.0169. The summed E-state index contributed by atoms with van der Waals surface area (Å²) < 4.78 is 6.61. The SMILES string of the molecule is Cc1c(C(=O)Nc2ccccc2Br)oc2c1/C(=N/Nc1ccc([N+](=O)[O-])cc1[N+](=O)[O-])CCC2. The predicted molar refractivity (Wildman–Crippen MR) is 128 cm³/mol. The number of anilines is 2. The number of amides is 1. The van der Waals surface area contributed by atoms with E-state index in [9.17, 15) is 25.0 Å². The monoisotopic (exact) mass is 527 g/mol. The highest BCUT2D eigenvalue weighted by atomic mass is 79.9. The molecule has 0 aliphatic heterocycles. The second-order valence-corrected chi connectivity index (χ2v) is 8.38. The van der Waals surface area contributed by atoms with Crippen molar-refractivity contribution >= 4 is 50.3 Å². The van der Waals surface area contributed by atoms with Crippen LogP contribution < -0.4 is 10.7 Å². The van der Waals surface area contributed by atoms with E-state index < -0.39 is 27.1 Å². The number of nitrogens with zero attached hydrogens (tertiary/aromatic N) is 3. The van der Waals surface area contributed by atoms with Crippen LogP contribution in [0.4, 0.5) is 22.7 Å². The fourth-order valence-corrected chi connectivity index (χ4v) is 4.13. The van der Waals surface area contributed by atoms with Crippen molar-refractivity contribution in [2.75, 3.05) is 10.7 Å². The van der Waals surface area contributed by atoms with Gasteiger partial charge in [0.05, 0.1) is 27.3 Å². The fraction of sp³-hybridized carbons (Fsp3) is 0.182. The van der Waals surface area contributed by atoms with Gasteiger partial charge in [0.15, 0.2) is 5.76 Å². The van der Waals surface area contributed by atoms with Crippen molar-refractivity contribution in [2.45, 2.75) is 26.2 Å². The minimum atomic E-state index is -0.713. The van der Waals surface area contributed by atoms with E-state index in [1.165, 1.54) is 6.07 Å². The standard InChI is InChI=1S/C22H18BrN5O6/c1-12-20-17(26-25-16-10-9-13(27(30)31)11-18(16)28(32)33)7-4-8-19(20)34-21(12)22(29)24-15-6-3-2-5-14(15)23/h2-3,5-6,9-11,25H,4,7-8H2,1H3,(H,24,29)/b26-17+. The van der Waals surface area contributed by atoms with Gasteiger partial charge in [-0.05, 0) is 53.9 Å². The molecule has 0 bridgehead atoms. The molecule has 11 nitrogen and oxygen atoms in total. The van der Waals surface area contributed by atoms with Crippen LogP contribution in [0.2, 0.25) is 0 Å². The zero-order chi connectivity index (χ0) is 24.4. The number of carbonyl (C=O) groups is 1. The average molecular weight is 528 g/mol. The number of hydrazone groups is 1. The lowest BCUT2D eigenvalue weighted by Crippen LogP contribution is -2.14. The predicted octanol–water partition coefficient (Wildman–Crippen LogP) is 5.57. The number of aryl methyl sites for hydroxylation is 1. The lowest BCUT2D eigenvalue weighted by molar-refractivity contribution is -0.393. The van der Waals surface area contributed by atoms with E-state index in [0.29, 0.717) is 47.5 Å². The highest BCUT2D eigenvalue weighted by Gasteiger charge is 2.28. The number of furan rings is 1. The molecule has 1 aliphatic rings. The Labute approximate surface area is 201 Å². The van der Waals surface area contributed by atoms with Gasteiger partial charge in [0, 0.05) is 28.1 Å². The zero-order valence-corrected chi connectivity index (χ0v) is 19.4. The number of hydrogen-bond donors (Lipinski definition) is 2. The van der Waals surface area contributed by atoms with Crippen LogP contribution in [-0.4, -0.2) is 21.5 Å². The Kier molecular flexibility index (Phi) is 6.41. The van der Waals surface area contributed by atoms with Gasteiger partial charge >= 0.3 is 5.69 Å². The molecule has 0 fully saturated rings. The molecule has 2 N–H and O–H groups in total. The van der Waals surface area contributed by atoms with Crippen molar-refractivity contribution in [3.8, 4) is 0 Å². The molecule has 0 radical (unpaired) electrons. The summed E-state index contributed by atoms with van der Waals surface area (Å²) in [7, 11) is 0. The number of para-hydroxylation sites is 1. The lowest BCUT2D eigenvalue weighted by Gasteiger charge is -2.13. The Balaban J connectivity index is 1.63. The maximum Gasteiger partial charge on any atom is 0.301 e. The topological polar surface area (TPSA) is 153 Å². The Morgan fingerprint density at radius 2 is 1.85 bits per heavy atom. The molecule has 0 spiro atoms. The first-order valence-electron chi connectivity index (χ1n) is 10.2. The number of hydrogen-bond acceptors (Lipinski definition) is 8. The van der Waals surface area contributed by atoms with Crippen LogP contribution in [0.3, 0.4) is 0 Å². The highest BCUT2D eigenvalue weighted by Crippen LogP contribution is 2.33. The molecule has 174 valence electrons. The van der Waals surface area contributed by atoms with Gasteiger partial charge in [0.25, 0.3) is 11.6 Å². The summed E-state index contributed by atoms with van der Waals surface area (Å²) in [6.07, 6.45) is 1.90. The number of fused-ring (bicyclic) bond motifs is 1. The molecule has 0 saturated heterocycles. The molecule has 34 heavy (non-hydrogen) atoms. The molecule has 0 atom stereocenters. The number of benzene rings is 2. The van der Waals surface area contributed by atoms with Gasteiger partial charge in [-0.15, -0.1) is 0 Å². The van der Waals surface area contributed by atoms with Crippen LogP contribution in [-0.2, 0) is 6.42 Å². The van der Waals surface area contributed by atoms with Gasteiger partial charge in [-0.25, -0.2) is 0 Å². The van der Waals surface area contributed by atoms with E-state index in [2.05, 4.69) is 31.8 Å². The third kappa shape index (κ3) is 4.53. The second-order valence-electron chi connectivity index (χ2n) is 7.53. The van der Waals surface area contributed by atoms with Crippen molar-refractivity contribution in [1.82, 2.24) is 0 Å². The largest absolute Gasteiger partial charge is 0.455 e. The molecule has 4 rings (SSSR count).